The van der Waals surface area contributed by atoms with E-state index in [9.17, 15) is 0 Å². The molecule has 3 aliphatic carbocycles. The Morgan fingerprint density at radius 1 is 0.308 bits per heavy atom. The molecule has 246 valence electrons. The molecule has 0 heterocycles. The van der Waals surface area contributed by atoms with Crippen molar-refractivity contribution in [1.82, 2.24) is 0 Å². The second-order valence-electron chi connectivity index (χ2n) is 14.3. The molecule has 0 bridgehead atoms. The molecule has 0 unspecified atom stereocenters. The number of benzene rings is 7. The number of fused-ring (bicyclic) bond motifs is 3. The number of allylic oxidation sites excluding steroid dienone is 8. The van der Waals surface area contributed by atoms with Gasteiger partial charge in [0.05, 0.1) is 0 Å². The van der Waals surface area contributed by atoms with Gasteiger partial charge >= 0.3 is 0 Å². The van der Waals surface area contributed by atoms with Gasteiger partial charge in [0.25, 0.3) is 0 Å². The lowest BCUT2D eigenvalue weighted by atomic mass is 9.84. The minimum Gasteiger partial charge on any atom is -0.0763 e. The van der Waals surface area contributed by atoms with Crippen LogP contribution in [-0.2, 0) is 0 Å². The van der Waals surface area contributed by atoms with Crippen LogP contribution in [0.25, 0.3) is 77.6 Å². The topological polar surface area (TPSA) is 0 Å². The van der Waals surface area contributed by atoms with Gasteiger partial charge in [-0.2, -0.15) is 0 Å². The molecular formula is C52H38. The van der Waals surface area contributed by atoms with Crippen molar-refractivity contribution in [3.8, 4) is 55.6 Å². The van der Waals surface area contributed by atoms with Crippen LogP contribution in [-0.4, -0.2) is 0 Å². The summed E-state index contributed by atoms with van der Waals surface area (Å²) in [4.78, 5) is 0. The van der Waals surface area contributed by atoms with Gasteiger partial charge in [-0.15, -0.1) is 0 Å². The quantitative estimate of drug-likeness (QED) is 0.166. The van der Waals surface area contributed by atoms with E-state index in [-0.39, 0.29) is 0 Å². The Balaban J connectivity index is 0.987. The first-order valence-corrected chi connectivity index (χ1v) is 18.6. The summed E-state index contributed by atoms with van der Waals surface area (Å²) in [6.45, 7) is 0. The van der Waals surface area contributed by atoms with E-state index >= 15 is 0 Å². The summed E-state index contributed by atoms with van der Waals surface area (Å²) in [5.41, 5.74) is 21.1. The van der Waals surface area contributed by atoms with Gasteiger partial charge in [0.2, 0.25) is 0 Å². The average molecular weight is 663 g/mol. The lowest BCUT2D eigenvalue weighted by Crippen LogP contribution is -1.99. The van der Waals surface area contributed by atoms with E-state index in [0.29, 0.717) is 0 Å². The number of rotatable bonds is 6. The molecule has 0 saturated carbocycles. The fourth-order valence-corrected chi connectivity index (χ4v) is 8.60. The third-order valence-corrected chi connectivity index (χ3v) is 11.2. The Hall–Kier alpha value is -6.24. The van der Waals surface area contributed by atoms with Crippen molar-refractivity contribution >= 4 is 21.9 Å². The van der Waals surface area contributed by atoms with E-state index in [1.54, 1.807) is 0 Å². The van der Waals surface area contributed by atoms with Gasteiger partial charge in [0.1, 0.15) is 0 Å². The Kier molecular flexibility index (Phi) is 7.54. The van der Waals surface area contributed by atoms with E-state index in [1.807, 2.05) is 0 Å². The molecule has 0 aliphatic heterocycles. The van der Waals surface area contributed by atoms with Crippen LogP contribution in [0.2, 0.25) is 0 Å². The van der Waals surface area contributed by atoms with Crippen LogP contribution < -0.4 is 0 Å². The molecule has 0 radical (unpaired) electrons. The van der Waals surface area contributed by atoms with Crippen LogP contribution >= 0.6 is 0 Å². The molecule has 0 spiro atoms. The Bertz CT molecular complexity index is 2640. The van der Waals surface area contributed by atoms with Crippen LogP contribution in [0.4, 0.5) is 0 Å². The lowest BCUT2D eigenvalue weighted by molar-refractivity contribution is 1.02. The summed E-state index contributed by atoms with van der Waals surface area (Å²) < 4.78 is 0. The van der Waals surface area contributed by atoms with Crippen LogP contribution in [0.1, 0.15) is 36.8 Å². The zero-order chi connectivity index (χ0) is 34.4. The molecule has 7 aromatic rings. The van der Waals surface area contributed by atoms with E-state index in [0.717, 1.165) is 25.7 Å². The second-order valence-corrected chi connectivity index (χ2v) is 14.3. The van der Waals surface area contributed by atoms with Gasteiger partial charge in [-0.05, 0) is 144 Å². The fraction of sp³-hybridized carbons (Fsp3) is 0.0769. The minimum absolute atomic E-state index is 1.06. The van der Waals surface area contributed by atoms with E-state index in [1.165, 1.54) is 99.8 Å². The molecule has 10 rings (SSSR count). The van der Waals surface area contributed by atoms with Crippen LogP contribution in [0.5, 0.6) is 0 Å². The average Bonchev–Trinajstić information content (AvgIpc) is 3.56. The zero-order valence-electron chi connectivity index (χ0n) is 29.1. The molecular weight excluding hydrogens is 625 g/mol. The molecule has 0 aromatic heterocycles. The predicted octanol–water partition coefficient (Wildman–Crippen LogP) is 14.4. The van der Waals surface area contributed by atoms with Gasteiger partial charge in [0, 0.05) is 0 Å². The van der Waals surface area contributed by atoms with Crippen molar-refractivity contribution in [3.63, 3.8) is 0 Å². The molecule has 0 saturated heterocycles. The smallest absolute Gasteiger partial charge is 0.00203 e. The summed E-state index contributed by atoms with van der Waals surface area (Å²) in [5.74, 6) is 0. The SMILES string of the molecule is C1=C(C2=CCCC(c3ccc4c5c(cccc35)-c3cc(-c5cccc(-c6cccc(-c7ccccc7)c6)c5)ccc3-4)=C2)C=C(c2ccccc2)CC1. The van der Waals surface area contributed by atoms with Crippen molar-refractivity contribution < 1.29 is 0 Å². The summed E-state index contributed by atoms with van der Waals surface area (Å²) in [5, 5.41) is 2.75. The zero-order valence-corrected chi connectivity index (χ0v) is 29.1. The third-order valence-electron chi connectivity index (χ3n) is 11.2. The molecule has 0 heteroatoms. The Morgan fingerprint density at radius 2 is 0.808 bits per heavy atom. The highest BCUT2D eigenvalue weighted by atomic mass is 14.3. The monoisotopic (exact) mass is 662 g/mol. The van der Waals surface area contributed by atoms with Crippen molar-refractivity contribution in [2.45, 2.75) is 25.7 Å². The van der Waals surface area contributed by atoms with E-state index in [4.69, 9.17) is 0 Å². The maximum Gasteiger partial charge on any atom is -0.00203 e. The molecule has 0 nitrogen and oxygen atoms in total. The first-order chi connectivity index (χ1) is 25.8. The van der Waals surface area contributed by atoms with E-state index in [2.05, 4.69) is 182 Å². The number of hydrogen-bond acceptors (Lipinski definition) is 0. The van der Waals surface area contributed by atoms with Gasteiger partial charge in [0.15, 0.2) is 0 Å². The van der Waals surface area contributed by atoms with Gasteiger partial charge in [-0.3, -0.25) is 0 Å². The molecule has 7 aromatic carbocycles. The van der Waals surface area contributed by atoms with Crippen molar-refractivity contribution in [1.29, 1.82) is 0 Å². The first-order valence-electron chi connectivity index (χ1n) is 18.6. The van der Waals surface area contributed by atoms with Crippen LogP contribution in [0.15, 0.2) is 193 Å². The largest absolute Gasteiger partial charge is 0.0763 e. The molecule has 0 atom stereocenters. The van der Waals surface area contributed by atoms with Gasteiger partial charge < -0.3 is 0 Å². The highest BCUT2D eigenvalue weighted by Gasteiger charge is 2.24. The molecule has 0 fully saturated rings. The highest BCUT2D eigenvalue weighted by molar-refractivity contribution is 6.18. The van der Waals surface area contributed by atoms with Crippen molar-refractivity contribution in [2.75, 3.05) is 0 Å². The first kappa shape index (κ1) is 30.6. The van der Waals surface area contributed by atoms with Crippen LogP contribution in [0.3, 0.4) is 0 Å². The van der Waals surface area contributed by atoms with Crippen molar-refractivity contribution in [3.05, 3.63) is 204 Å². The highest BCUT2D eigenvalue weighted by Crippen LogP contribution is 2.50. The minimum atomic E-state index is 1.06. The summed E-state index contributed by atoms with van der Waals surface area (Å²) >= 11 is 0. The molecule has 0 amide bonds. The standard InChI is InChI=1S/C52H38/c1-3-12-35(13-4-1)37-16-7-18-39(30-37)41-20-9-21-42(32-41)44-26-27-47-50-29-28-46(48-24-11-25-49(52(48)50)51(47)34-44)45-23-10-22-43(33-45)40-19-8-17-38(31-40)36-14-5-2-6-15-36/h1-7,9,11-16,18-22,24-34H,8,10,17,23H2. The van der Waals surface area contributed by atoms with Crippen LogP contribution in [0, 0.1) is 0 Å². The Morgan fingerprint density at radius 3 is 1.50 bits per heavy atom. The molecule has 52 heavy (non-hydrogen) atoms. The van der Waals surface area contributed by atoms with Crippen molar-refractivity contribution in [2.24, 2.45) is 0 Å². The summed E-state index contributed by atoms with van der Waals surface area (Å²) in [7, 11) is 0. The summed E-state index contributed by atoms with van der Waals surface area (Å²) in [6.07, 6.45) is 14.1. The lowest BCUT2D eigenvalue weighted by Gasteiger charge is -2.20. The normalized spacial score (nSPS) is 14.7. The van der Waals surface area contributed by atoms with E-state index < -0.39 is 0 Å². The fourth-order valence-electron chi connectivity index (χ4n) is 8.60. The maximum absolute atomic E-state index is 2.46. The summed E-state index contributed by atoms with van der Waals surface area (Å²) in [6, 6.07) is 58.1. The number of hydrogen-bond donors (Lipinski definition) is 0. The molecule has 0 N–H and O–H groups in total. The third kappa shape index (κ3) is 5.40. The van der Waals surface area contributed by atoms with Gasteiger partial charge in [-0.1, -0.05) is 164 Å². The second kappa shape index (κ2) is 12.8. The maximum atomic E-state index is 2.46. The predicted molar refractivity (Wildman–Crippen MR) is 222 cm³/mol. The molecule has 3 aliphatic rings. The van der Waals surface area contributed by atoms with Gasteiger partial charge in [-0.25, -0.2) is 0 Å². The Labute approximate surface area is 306 Å².